The molecule has 2 heterocycles. The van der Waals surface area contributed by atoms with Crippen LogP contribution in [0.4, 0.5) is 0 Å². The molecule has 0 unspecified atom stereocenters. The van der Waals surface area contributed by atoms with E-state index in [1.165, 1.54) is 0 Å². The van der Waals surface area contributed by atoms with Crippen LogP contribution in [0.25, 0.3) is 0 Å². The smallest absolute Gasteiger partial charge is 0.338 e. The zero-order valence-electron chi connectivity index (χ0n) is 16.4. The fraction of sp³-hybridized carbons (Fsp3) is 0.160. The number of imide groups is 1. The van der Waals surface area contributed by atoms with E-state index in [0.717, 1.165) is 10.5 Å². The highest BCUT2D eigenvalue weighted by Crippen LogP contribution is 2.53. The molecule has 0 saturated carbocycles. The number of alkyl halides is 1. The second kappa shape index (κ2) is 7.60. The van der Waals surface area contributed by atoms with Crippen molar-refractivity contribution >= 4 is 40.4 Å². The van der Waals surface area contributed by atoms with Crippen LogP contribution >= 0.6 is 22.6 Å². The zero-order chi connectivity index (χ0) is 21.6. The molecule has 0 bridgehead atoms. The molecule has 1 saturated heterocycles. The normalized spacial score (nSPS) is 24.9. The molecule has 0 radical (unpaired) electrons. The zero-order valence-corrected chi connectivity index (χ0v) is 18.6. The Kier molecular flexibility index (Phi) is 4.89. The Balaban J connectivity index is 1.82. The number of nitrogens with zero attached hydrogens (tertiary/aromatic N) is 1. The Morgan fingerprint density at radius 1 is 0.774 bits per heavy atom. The summed E-state index contributed by atoms with van der Waals surface area (Å²) in [6, 6.07) is 25.2. The van der Waals surface area contributed by atoms with Crippen molar-refractivity contribution < 1.29 is 19.1 Å². The van der Waals surface area contributed by atoms with Crippen molar-refractivity contribution in [3.05, 3.63) is 107 Å². The second-order valence-electron chi connectivity index (χ2n) is 7.61. The van der Waals surface area contributed by atoms with Crippen LogP contribution in [0.1, 0.15) is 37.8 Å². The molecule has 5 nitrogen and oxygen atoms in total. The van der Waals surface area contributed by atoms with Crippen molar-refractivity contribution in [2.75, 3.05) is 4.43 Å². The van der Waals surface area contributed by atoms with Crippen LogP contribution in [0.15, 0.2) is 84.9 Å². The maximum Gasteiger partial charge on any atom is 0.338 e. The molecule has 0 aliphatic carbocycles. The predicted molar refractivity (Wildman–Crippen MR) is 123 cm³/mol. The van der Waals surface area contributed by atoms with E-state index < -0.39 is 35.3 Å². The Hall–Kier alpha value is -3.00. The highest BCUT2D eigenvalue weighted by atomic mass is 127. The molecule has 6 heteroatoms. The Morgan fingerprint density at radius 3 is 1.84 bits per heavy atom. The molecule has 0 spiro atoms. The van der Waals surface area contributed by atoms with E-state index in [1.807, 2.05) is 48.5 Å². The van der Waals surface area contributed by atoms with Crippen molar-refractivity contribution in [3.8, 4) is 0 Å². The average molecular weight is 523 g/mol. The van der Waals surface area contributed by atoms with E-state index in [-0.39, 0.29) is 0 Å². The number of benzene rings is 3. The number of ether oxygens (including phenoxy) is 1. The molecule has 0 N–H and O–H groups in total. The van der Waals surface area contributed by atoms with Gasteiger partial charge in [-0.1, -0.05) is 95.4 Å². The highest BCUT2D eigenvalue weighted by molar-refractivity contribution is 14.1. The van der Waals surface area contributed by atoms with Gasteiger partial charge in [0.15, 0.2) is 5.54 Å². The fourth-order valence-electron chi connectivity index (χ4n) is 4.79. The SMILES string of the molecule is O=C1c2ccccc2C(=O)N1[C@@]1(c2ccccc2)C(=O)O[C@@H](CI)[C@H]1c1ccccc1. The van der Waals surface area contributed by atoms with E-state index in [0.29, 0.717) is 21.1 Å². The summed E-state index contributed by atoms with van der Waals surface area (Å²) >= 11 is 2.19. The van der Waals surface area contributed by atoms with E-state index in [1.54, 1.807) is 36.4 Å². The summed E-state index contributed by atoms with van der Waals surface area (Å²) in [6.07, 6.45) is -0.486. The predicted octanol–water partition coefficient (Wildman–Crippen LogP) is 4.32. The van der Waals surface area contributed by atoms with Crippen molar-refractivity contribution in [2.24, 2.45) is 0 Å². The lowest BCUT2D eigenvalue weighted by Crippen LogP contribution is -2.56. The van der Waals surface area contributed by atoms with Crippen molar-refractivity contribution in [1.82, 2.24) is 4.90 Å². The second-order valence-corrected chi connectivity index (χ2v) is 8.49. The van der Waals surface area contributed by atoms with Gasteiger partial charge in [-0.05, 0) is 23.3 Å². The number of rotatable bonds is 4. The van der Waals surface area contributed by atoms with E-state index >= 15 is 0 Å². The third kappa shape index (κ3) is 2.77. The number of hydrogen-bond donors (Lipinski definition) is 0. The number of carbonyl (C=O) groups excluding carboxylic acids is 3. The van der Waals surface area contributed by atoms with Gasteiger partial charge in [-0.15, -0.1) is 0 Å². The average Bonchev–Trinajstić information content (AvgIpc) is 3.26. The van der Waals surface area contributed by atoms with Gasteiger partial charge in [0, 0.05) is 4.43 Å². The fourth-order valence-corrected chi connectivity index (χ4v) is 5.48. The van der Waals surface area contributed by atoms with Gasteiger partial charge in [-0.25, -0.2) is 4.79 Å². The van der Waals surface area contributed by atoms with Gasteiger partial charge in [-0.3, -0.25) is 14.5 Å². The summed E-state index contributed by atoms with van der Waals surface area (Å²) in [5, 5.41) is 0. The van der Waals surface area contributed by atoms with Gasteiger partial charge in [0.25, 0.3) is 11.8 Å². The van der Waals surface area contributed by atoms with Crippen LogP contribution < -0.4 is 0 Å². The van der Waals surface area contributed by atoms with Gasteiger partial charge < -0.3 is 4.74 Å². The molecular weight excluding hydrogens is 505 g/mol. The molecule has 3 aromatic rings. The summed E-state index contributed by atoms with van der Waals surface area (Å²) < 4.78 is 6.39. The molecule has 2 aliphatic heterocycles. The number of esters is 1. The minimum atomic E-state index is -1.59. The number of cyclic esters (lactones) is 1. The molecular formula is C25H18INO4. The van der Waals surface area contributed by atoms with Gasteiger partial charge in [-0.2, -0.15) is 0 Å². The first kappa shape index (κ1) is 19.9. The van der Waals surface area contributed by atoms with Crippen molar-refractivity contribution in [1.29, 1.82) is 0 Å². The molecule has 5 rings (SSSR count). The maximum atomic E-state index is 13.7. The van der Waals surface area contributed by atoms with Gasteiger partial charge in [0.1, 0.15) is 6.10 Å². The number of halogens is 1. The maximum absolute atomic E-state index is 13.7. The standard InChI is InChI=1S/C25H18INO4/c26-15-20-21(16-9-3-1-4-10-16)25(24(30)31-20,17-11-5-2-6-12-17)27-22(28)18-13-7-8-14-19(18)23(27)29/h1-14,20-21H,15H2/t20-,21+,25+/m0/s1. The summed E-state index contributed by atoms with van der Waals surface area (Å²) in [5.74, 6) is -2.07. The summed E-state index contributed by atoms with van der Waals surface area (Å²) in [7, 11) is 0. The third-order valence-electron chi connectivity index (χ3n) is 6.06. The summed E-state index contributed by atoms with van der Waals surface area (Å²) in [5.41, 5.74) is 0.429. The van der Waals surface area contributed by atoms with E-state index in [2.05, 4.69) is 22.6 Å². The van der Waals surface area contributed by atoms with Crippen LogP contribution in [-0.4, -0.2) is 33.2 Å². The van der Waals surface area contributed by atoms with Crippen LogP contribution in [0.2, 0.25) is 0 Å². The van der Waals surface area contributed by atoms with Crippen LogP contribution in [0, 0.1) is 0 Å². The first-order valence-electron chi connectivity index (χ1n) is 9.96. The molecule has 31 heavy (non-hydrogen) atoms. The number of carbonyl (C=O) groups is 3. The number of amides is 2. The van der Waals surface area contributed by atoms with Crippen molar-refractivity contribution in [3.63, 3.8) is 0 Å². The van der Waals surface area contributed by atoms with Gasteiger partial charge in [0.05, 0.1) is 17.0 Å². The van der Waals surface area contributed by atoms with Crippen LogP contribution in [0.5, 0.6) is 0 Å². The van der Waals surface area contributed by atoms with E-state index in [4.69, 9.17) is 4.74 Å². The van der Waals surface area contributed by atoms with Crippen molar-refractivity contribution in [2.45, 2.75) is 17.6 Å². The monoisotopic (exact) mass is 523 g/mol. The highest BCUT2D eigenvalue weighted by Gasteiger charge is 2.66. The number of hydrogen-bond acceptors (Lipinski definition) is 4. The summed E-state index contributed by atoms with van der Waals surface area (Å²) in [6.45, 7) is 0. The molecule has 2 aliphatic rings. The number of fused-ring (bicyclic) bond motifs is 1. The molecule has 2 amide bonds. The summed E-state index contributed by atoms with van der Waals surface area (Å²) in [4.78, 5) is 42.0. The first-order chi connectivity index (χ1) is 15.1. The van der Waals surface area contributed by atoms with Crippen LogP contribution in [-0.2, 0) is 15.1 Å². The lowest BCUT2D eigenvalue weighted by Gasteiger charge is -2.39. The minimum absolute atomic E-state index is 0.306. The first-order valence-corrected chi connectivity index (χ1v) is 11.5. The Bertz CT molecular complexity index is 1150. The molecule has 1 fully saturated rings. The molecule has 154 valence electrons. The van der Waals surface area contributed by atoms with E-state index in [9.17, 15) is 14.4 Å². The molecule has 3 atom stereocenters. The lowest BCUT2D eigenvalue weighted by molar-refractivity contribution is -0.148. The van der Waals surface area contributed by atoms with Gasteiger partial charge >= 0.3 is 5.97 Å². The third-order valence-corrected chi connectivity index (χ3v) is 6.93. The van der Waals surface area contributed by atoms with Crippen LogP contribution in [0.3, 0.4) is 0 Å². The quantitative estimate of drug-likeness (QED) is 0.221. The molecule has 0 aromatic heterocycles. The Labute approximate surface area is 193 Å². The minimum Gasteiger partial charge on any atom is -0.459 e. The largest absolute Gasteiger partial charge is 0.459 e. The Morgan fingerprint density at radius 2 is 1.29 bits per heavy atom. The van der Waals surface area contributed by atoms with Gasteiger partial charge in [0.2, 0.25) is 0 Å². The topological polar surface area (TPSA) is 63.7 Å². The lowest BCUT2D eigenvalue weighted by atomic mass is 9.72. The molecule has 3 aromatic carbocycles.